The van der Waals surface area contributed by atoms with E-state index >= 15 is 0 Å². The molecular weight excluding hydrogens is 297 g/mol. The van der Waals surface area contributed by atoms with Crippen LogP contribution in [-0.4, -0.2) is 24.5 Å². The Hall–Kier alpha value is -0.890. The highest BCUT2D eigenvalue weighted by molar-refractivity contribution is 5.40. The second kappa shape index (κ2) is 6.78. The zero-order valence-electron chi connectivity index (χ0n) is 16.0. The van der Waals surface area contributed by atoms with E-state index in [2.05, 4.69) is 38.7 Å². The van der Waals surface area contributed by atoms with Gasteiger partial charge >= 0.3 is 0 Å². The highest BCUT2D eigenvalue weighted by Gasteiger charge is 2.41. The zero-order chi connectivity index (χ0) is 17.4. The number of rotatable bonds is 3. The Kier molecular flexibility index (Phi) is 5.06. The molecule has 1 atom stereocenters. The lowest BCUT2D eigenvalue weighted by Crippen LogP contribution is -2.45. The summed E-state index contributed by atoms with van der Waals surface area (Å²) >= 11 is 0. The molecule has 1 spiro atoms. The van der Waals surface area contributed by atoms with Gasteiger partial charge in [0.1, 0.15) is 5.82 Å². The van der Waals surface area contributed by atoms with Crippen LogP contribution < -0.4 is 0 Å². The van der Waals surface area contributed by atoms with Gasteiger partial charge in [0.2, 0.25) is 0 Å². The van der Waals surface area contributed by atoms with Crippen LogP contribution in [-0.2, 0) is 5.41 Å². The summed E-state index contributed by atoms with van der Waals surface area (Å²) in [5.41, 5.74) is 3.43. The topological polar surface area (TPSA) is 3.24 Å². The second-order valence-electron chi connectivity index (χ2n) is 9.31. The van der Waals surface area contributed by atoms with Gasteiger partial charge in [0.25, 0.3) is 0 Å². The van der Waals surface area contributed by atoms with E-state index in [0.29, 0.717) is 11.3 Å². The normalized spacial score (nSPS) is 24.1. The lowest BCUT2D eigenvalue weighted by Gasteiger charge is -2.47. The van der Waals surface area contributed by atoms with E-state index in [1.807, 2.05) is 6.07 Å². The number of hydrogen-bond acceptors (Lipinski definition) is 1. The fourth-order valence-corrected chi connectivity index (χ4v) is 4.73. The molecule has 24 heavy (non-hydrogen) atoms. The van der Waals surface area contributed by atoms with Crippen LogP contribution in [0.3, 0.4) is 0 Å². The Balaban J connectivity index is 1.75. The van der Waals surface area contributed by atoms with E-state index in [1.54, 1.807) is 6.07 Å². The van der Waals surface area contributed by atoms with Gasteiger partial charge in [0.05, 0.1) is 0 Å². The third kappa shape index (κ3) is 3.69. The SMILES string of the molecule is CC[C@H]1CCC2(CCN(CCC(C)(C)C)CC2)c2cc(F)ccc21. The fraction of sp³-hybridized carbons (Fsp3) is 0.727. The largest absolute Gasteiger partial charge is 0.303 e. The maximum absolute atomic E-state index is 14.0. The molecule has 1 fully saturated rings. The summed E-state index contributed by atoms with van der Waals surface area (Å²) in [4.78, 5) is 2.63. The molecule has 1 saturated heterocycles. The molecule has 2 aliphatic rings. The summed E-state index contributed by atoms with van der Waals surface area (Å²) in [6.07, 6.45) is 7.34. The molecule has 0 amide bonds. The third-order valence-corrected chi connectivity index (χ3v) is 6.48. The summed E-state index contributed by atoms with van der Waals surface area (Å²) in [5, 5.41) is 0. The molecule has 3 rings (SSSR count). The Bertz CT molecular complexity index is 564. The van der Waals surface area contributed by atoms with Crippen LogP contribution in [0, 0.1) is 11.2 Å². The molecular formula is C22H34FN. The number of piperidine rings is 1. The number of benzene rings is 1. The molecule has 1 aliphatic carbocycles. The standard InChI is InChI=1S/C22H34FN/c1-5-17-8-9-22(20-16-18(23)6-7-19(17)20)11-14-24(15-12-22)13-10-21(2,3)4/h6-7,16-17H,5,8-15H2,1-4H3/t17-/m0/s1. The van der Waals surface area contributed by atoms with Crippen LogP contribution >= 0.6 is 0 Å². The Morgan fingerprint density at radius 3 is 2.50 bits per heavy atom. The molecule has 1 heterocycles. The summed E-state index contributed by atoms with van der Waals surface area (Å²) in [6.45, 7) is 12.8. The van der Waals surface area contributed by atoms with Crippen LogP contribution in [0.25, 0.3) is 0 Å². The minimum atomic E-state index is -0.0555. The molecule has 1 aromatic carbocycles. The first-order valence-corrected chi connectivity index (χ1v) is 9.85. The van der Waals surface area contributed by atoms with Crippen molar-refractivity contribution >= 4 is 0 Å². The molecule has 1 aliphatic heterocycles. The van der Waals surface area contributed by atoms with Gasteiger partial charge in [0.15, 0.2) is 0 Å². The maximum atomic E-state index is 14.0. The molecule has 0 bridgehead atoms. The first-order chi connectivity index (χ1) is 11.3. The van der Waals surface area contributed by atoms with Crippen molar-refractivity contribution in [2.75, 3.05) is 19.6 Å². The van der Waals surface area contributed by atoms with Crippen LogP contribution in [0.2, 0.25) is 0 Å². The Morgan fingerprint density at radius 1 is 1.17 bits per heavy atom. The van der Waals surface area contributed by atoms with E-state index < -0.39 is 0 Å². The van der Waals surface area contributed by atoms with Gasteiger partial charge in [-0.1, -0.05) is 33.8 Å². The smallest absolute Gasteiger partial charge is 0.123 e. The number of likely N-dealkylation sites (tertiary alicyclic amines) is 1. The van der Waals surface area contributed by atoms with E-state index in [4.69, 9.17) is 0 Å². The summed E-state index contributed by atoms with van der Waals surface area (Å²) in [7, 11) is 0. The predicted octanol–water partition coefficient (Wildman–Crippen LogP) is 5.88. The minimum Gasteiger partial charge on any atom is -0.303 e. The van der Waals surface area contributed by atoms with E-state index in [1.165, 1.54) is 69.3 Å². The molecule has 0 saturated carbocycles. The molecule has 1 aromatic rings. The van der Waals surface area contributed by atoms with Crippen molar-refractivity contribution in [2.24, 2.45) is 5.41 Å². The van der Waals surface area contributed by atoms with Gasteiger partial charge in [-0.3, -0.25) is 0 Å². The lowest BCUT2D eigenvalue weighted by atomic mass is 9.62. The van der Waals surface area contributed by atoms with Crippen molar-refractivity contribution in [2.45, 2.75) is 77.6 Å². The molecule has 0 N–H and O–H groups in total. The monoisotopic (exact) mass is 331 g/mol. The summed E-state index contributed by atoms with van der Waals surface area (Å²) in [5.74, 6) is 0.574. The summed E-state index contributed by atoms with van der Waals surface area (Å²) < 4.78 is 14.0. The first-order valence-electron chi connectivity index (χ1n) is 9.85. The highest BCUT2D eigenvalue weighted by atomic mass is 19.1. The van der Waals surface area contributed by atoms with Gasteiger partial charge in [-0.25, -0.2) is 4.39 Å². The van der Waals surface area contributed by atoms with Crippen molar-refractivity contribution in [3.8, 4) is 0 Å². The van der Waals surface area contributed by atoms with Gasteiger partial charge in [-0.2, -0.15) is 0 Å². The van der Waals surface area contributed by atoms with Crippen LogP contribution in [0.15, 0.2) is 18.2 Å². The van der Waals surface area contributed by atoms with Crippen LogP contribution in [0.4, 0.5) is 4.39 Å². The average Bonchev–Trinajstić information content (AvgIpc) is 2.54. The molecule has 134 valence electrons. The number of hydrogen-bond donors (Lipinski definition) is 0. The number of fused-ring (bicyclic) bond motifs is 2. The second-order valence-corrected chi connectivity index (χ2v) is 9.31. The van der Waals surface area contributed by atoms with Crippen molar-refractivity contribution in [3.63, 3.8) is 0 Å². The third-order valence-electron chi connectivity index (χ3n) is 6.48. The van der Waals surface area contributed by atoms with Gasteiger partial charge < -0.3 is 4.90 Å². The predicted molar refractivity (Wildman–Crippen MR) is 100 cm³/mol. The summed E-state index contributed by atoms with van der Waals surface area (Å²) in [6, 6.07) is 5.60. The quantitative estimate of drug-likeness (QED) is 0.668. The molecule has 2 heteroatoms. The van der Waals surface area contributed by atoms with E-state index in [-0.39, 0.29) is 11.2 Å². The maximum Gasteiger partial charge on any atom is 0.123 e. The Morgan fingerprint density at radius 2 is 1.88 bits per heavy atom. The van der Waals surface area contributed by atoms with E-state index in [0.717, 1.165) is 0 Å². The van der Waals surface area contributed by atoms with Crippen molar-refractivity contribution < 1.29 is 4.39 Å². The number of nitrogens with zero attached hydrogens (tertiary/aromatic N) is 1. The molecule has 0 radical (unpaired) electrons. The molecule has 0 aromatic heterocycles. The van der Waals surface area contributed by atoms with Crippen LogP contribution in [0.5, 0.6) is 0 Å². The lowest BCUT2D eigenvalue weighted by molar-refractivity contribution is 0.128. The van der Waals surface area contributed by atoms with Gasteiger partial charge in [0, 0.05) is 0 Å². The molecule has 0 unspecified atom stereocenters. The number of halogens is 1. The van der Waals surface area contributed by atoms with Crippen molar-refractivity contribution in [1.29, 1.82) is 0 Å². The minimum absolute atomic E-state index is 0.0555. The fourth-order valence-electron chi connectivity index (χ4n) is 4.73. The first kappa shape index (κ1) is 17.9. The Labute approximate surface area is 147 Å². The highest BCUT2D eigenvalue weighted by Crippen LogP contribution is 2.49. The average molecular weight is 332 g/mol. The van der Waals surface area contributed by atoms with Crippen molar-refractivity contribution in [1.82, 2.24) is 4.90 Å². The van der Waals surface area contributed by atoms with Crippen LogP contribution in [0.1, 0.15) is 83.3 Å². The molecule has 1 nitrogen and oxygen atoms in total. The van der Waals surface area contributed by atoms with Crippen molar-refractivity contribution in [3.05, 3.63) is 35.1 Å². The van der Waals surface area contributed by atoms with E-state index in [9.17, 15) is 4.39 Å². The van der Waals surface area contributed by atoms with Gasteiger partial charge in [-0.15, -0.1) is 0 Å². The zero-order valence-corrected chi connectivity index (χ0v) is 16.0. The van der Waals surface area contributed by atoms with Gasteiger partial charge in [-0.05, 0) is 98.2 Å².